The molecule has 0 spiro atoms. The lowest BCUT2D eigenvalue weighted by Crippen LogP contribution is -2.34. The van der Waals surface area contributed by atoms with Gasteiger partial charge in [-0.15, -0.1) is 0 Å². The van der Waals surface area contributed by atoms with Crippen LogP contribution in [0.4, 0.5) is 0 Å². The first-order valence-corrected chi connectivity index (χ1v) is 9.24. The van der Waals surface area contributed by atoms with Crippen LogP contribution in [-0.2, 0) is 13.1 Å². The molecule has 26 heavy (non-hydrogen) atoms. The van der Waals surface area contributed by atoms with Crippen LogP contribution in [0, 0.1) is 12.8 Å². The van der Waals surface area contributed by atoms with Gasteiger partial charge in [0.15, 0.2) is 0 Å². The van der Waals surface area contributed by atoms with E-state index in [1.54, 1.807) is 0 Å². The second-order valence-electron chi connectivity index (χ2n) is 7.33. The van der Waals surface area contributed by atoms with E-state index in [2.05, 4.69) is 42.0 Å². The van der Waals surface area contributed by atoms with Gasteiger partial charge in [-0.3, -0.25) is 4.79 Å². The number of carbonyl (C=O) groups excluding carboxylic acids is 1. The molecule has 5 nitrogen and oxygen atoms in total. The second-order valence-corrected chi connectivity index (χ2v) is 7.33. The predicted octanol–water partition coefficient (Wildman–Crippen LogP) is 3.77. The SMILES string of the molecule is Cc1c(C(NC(=O)c2ccn3c2CNCC3)C(C)C)oc2ccccc12. The molecule has 0 bridgehead atoms. The van der Waals surface area contributed by atoms with Gasteiger partial charge in [0, 0.05) is 42.5 Å². The quantitative estimate of drug-likeness (QED) is 0.752. The van der Waals surface area contributed by atoms with Gasteiger partial charge in [0.1, 0.15) is 11.3 Å². The van der Waals surface area contributed by atoms with Crippen molar-refractivity contribution >= 4 is 16.9 Å². The van der Waals surface area contributed by atoms with Crippen LogP contribution in [0.2, 0.25) is 0 Å². The molecule has 2 aromatic heterocycles. The Morgan fingerprint density at radius 3 is 2.85 bits per heavy atom. The molecule has 0 saturated carbocycles. The van der Waals surface area contributed by atoms with Crippen molar-refractivity contribution in [3.05, 3.63) is 59.1 Å². The van der Waals surface area contributed by atoms with Gasteiger partial charge in [0.2, 0.25) is 0 Å². The van der Waals surface area contributed by atoms with Crippen molar-refractivity contribution in [1.29, 1.82) is 0 Å². The van der Waals surface area contributed by atoms with Crippen LogP contribution in [-0.4, -0.2) is 17.0 Å². The average molecular weight is 351 g/mol. The van der Waals surface area contributed by atoms with E-state index in [0.29, 0.717) is 0 Å². The van der Waals surface area contributed by atoms with Crippen molar-refractivity contribution in [3.63, 3.8) is 0 Å². The number of para-hydroxylation sites is 1. The highest BCUT2D eigenvalue weighted by Gasteiger charge is 2.27. The number of hydrogen-bond donors (Lipinski definition) is 2. The summed E-state index contributed by atoms with van der Waals surface area (Å²) in [6, 6.07) is 9.77. The van der Waals surface area contributed by atoms with Gasteiger partial charge in [-0.05, 0) is 25.0 Å². The number of hydrogen-bond acceptors (Lipinski definition) is 3. The highest BCUT2D eigenvalue weighted by Crippen LogP contribution is 2.33. The number of carbonyl (C=O) groups is 1. The molecule has 0 fully saturated rings. The fourth-order valence-corrected chi connectivity index (χ4v) is 3.77. The number of benzene rings is 1. The molecule has 1 aliphatic heterocycles. The molecule has 3 aromatic rings. The van der Waals surface area contributed by atoms with E-state index < -0.39 is 0 Å². The fraction of sp³-hybridized carbons (Fsp3) is 0.381. The zero-order chi connectivity index (χ0) is 18.3. The second kappa shape index (κ2) is 6.65. The molecule has 5 heteroatoms. The number of aromatic nitrogens is 1. The zero-order valence-corrected chi connectivity index (χ0v) is 15.5. The highest BCUT2D eigenvalue weighted by atomic mass is 16.3. The number of rotatable bonds is 4. The lowest BCUT2D eigenvalue weighted by Gasteiger charge is -2.22. The third-order valence-electron chi connectivity index (χ3n) is 5.26. The van der Waals surface area contributed by atoms with Gasteiger partial charge >= 0.3 is 0 Å². The van der Waals surface area contributed by atoms with E-state index in [-0.39, 0.29) is 17.9 Å². The molecule has 1 atom stereocenters. The highest BCUT2D eigenvalue weighted by molar-refractivity contribution is 5.96. The monoisotopic (exact) mass is 351 g/mol. The van der Waals surface area contributed by atoms with Gasteiger partial charge < -0.3 is 19.6 Å². The molecule has 1 aliphatic rings. The molecule has 1 aromatic carbocycles. The number of fused-ring (bicyclic) bond motifs is 2. The largest absolute Gasteiger partial charge is 0.459 e. The maximum absolute atomic E-state index is 13.0. The predicted molar refractivity (Wildman–Crippen MR) is 102 cm³/mol. The van der Waals surface area contributed by atoms with Crippen LogP contribution >= 0.6 is 0 Å². The number of nitrogens with zero attached hydrogens (tertiary/aromatic N) is 1. The molecule has 4 rings (SSSR count). The Balaban J connectivity index is 1.66. The van der Waals surface area contributed by atoms with E-state index in [4.69, 9.17) is 4.42 Å². The zero-order valence-electron chi connectivity index (χ0n) is 15.5. The third kappa shape index (κ3) is 2.82. The van der Waals surface area contributed by atoms with E-state index in [0.717, 1.165) is 53.2 Å². The molecular weight excluding hydrogens is 326 g/mol. The Kier molecular flexibility index (Phi) is 4.32. The van der Waals surface area contributed by atoms with Crippen LogP contribution in [0.5, 0.6) is 0 Å². The van der Waals surface area contributed by atoms with Crippen LogP contribution in [0.1, 0.15) is 47.3 Å². The molecule has 136 valence electrons. The van der Waals surface area contributed by atoms with Crippen LogP contribution in [0.3, 0.4) is 0 Å². The van der Waals surface area contributed by atoms with Crippen LogP contribution < -0.4 is 10.6 Å². The van der Waals surface area contributed by atoms with Crippen molar-refractivity contribution < 1.29 is 9.21 Å². The molecule has 2 N–H and O–H groups in total. The molecule has 0 aliphatic carbocycles. The maximum atomic E-state index is 13.0. The molecule has 3 heterocycles. The van der Waals surface area contributed by atoms with Crippen LogP contribution in [0.15, 0.2) is 40.9 Å². The Labute approximate surface area is 153 Å². The third-order valence-corrected chi connectivity index (χ3v) is 5.26. The van der Waals surface area contributed by atoms with Crippen molar-refractivity contribution in [1.82, 2.24) is 15.2 Å². The maximum Gasteiger partial charge on any atom is 0.253 e. The lowest BCUT2D eigenvalue weighted by atomic mass is 9.97. The van der Waals surface area contributed by atoms with Crippen molar-refractivity contribution in [3.8, 4) is 0 Å². The van der Waals surface area contributed by atoms with Crippen molar-refractivity contribution in [2.75, 3.05) is 6.54 Å². The van der Waals surface area contributed by atoms with Crippen LogP contribution in [0.25, 0.3) is 11.0 Å². The van der Waals surface area contributed by atoms with E-state index in [1.165, 1.54) is 0 Å². The van der Waals surface area contributed by atoms with E-state index in [9.17, 15) is 4.79 Å². The van der Waals surface area contributed by atoms with Gasteiger partial charge in [0.25, 0.3) is 5.91 Å². The summed E-state index contributed by atoms with van der Waals surface area (Å²) in [4.78, 5) is 13.0. The first kappa shape index (κ1) is 16.9. The molecular formula is C21H25N3O2. The average Bonchev–Trinajstić information content (AvgIpc) is 3.21. The summed E-state index contributed by atoms with van der Waals surface area (Å²) in [6.45, 7) is 8.84. The standard InChI is InChI=1S/C21H25N3O2/c1-13(2)19(20-14(3)15-6-4-5-7-18(15)26-20)23-21(25)16-8-10-24-11-9-22-12-17(16)24/h4-8,10,13,19,22H,9,11-12H2,1-3H3,(H,23,25). The minimum atomic E-state index is -0.165. The summed E-state index contributed by atoms with van der Waals surface area (Å²) >= 11 is 0. The molecule has 0 radical (unpaired) electrons. The molecule has 1 unspecified atom stereocenters. The first-order valence-electron chi connectivity index (χ1n) is 9.24. The summed E-state index contributed by atoms with van der Waals surface area (Å²) in [5.41, 5.74) is 3.76. The number of nitrogens with one attached hydrogen (secondary N) is 2. The lowest BCUT2D eigenvalue weighted by molar-refractivity contribution is 0.0917. The van der Waals surface area contributed by atoms with Crippen molar-refractivity contribution in [2.24, 2.45) is 5.92 Å². The van der Waals surface area contributed by atoms with E-state index in [1.807, 2.05) is 30.5 Å². The number of amides is 1. The normalized spacial score (nSPS) is 15.2. The Hall–Kier alpha value is -2.53. The van der Waals surface area contributed by atoms with Gasteiger partial charge in [0.05, 0.1) is 11.6 Å². The minimum absolute atomic E-state index is 0.0407. The number of furan rings is 1. The smallest absolute Gasteiger partial charge is 0.253 e. The summed E-state index contributed by atoms with van der Waals surface area (Å²) in [5, 5.41) is 7.66. The fourth-order valence-electron chi connectivity index (χ4n) is 3.77. The summed E-state index contributed by atoms with van der Waals surface area (Å²) in [7, 11) is 0. The Bertz CT molecular complexity index is 951. The van der Waals surface area contributed by atoms with Crippen molar-refractivity contribution in [2.45, 2.75) is 39.9 Å². The molecule has 1 amide bonds. The first-order chi connectivity index (χ1) is 12.6. The summed E-state index contributed by atoms with van der Waals surface area (Å²) < 4.78 is 8.28. The number of aryl methyl sites for hydroxylation is 1. The van der Waals surface area contributed by atoms with Gasteiger partial charge in [-0.1, -0.05) is 32.0 Å². The molecule has 0 saturated heterocycles. The summed E-state index contributed by atoms with van der Waals surface area (Å²) in [6.07, 6.45) is 2.00. The van der Waals surface area contributed by atoms with E-state index >= 15 is 0 Å². The Morgan fingerprint density at radius 2 is 2.08 bits per heavy atom. The topological polar surface area (TPSA) is 59.2 Å². The van der Waals surface area contributed by atoms with Gasteiger partial charge in [-0.25, -0.2) is 0 Å². The van der Waals surface area contributed by atoms with Gasteiger partial charge in [-0.2, -0.15) is 0 Å². The Morgan fingerprint density at radius 1 is 1.27 bits per heavy atom. The minimum Gasteiger partial charge on any atom is -0.459 e. The summed E-state index contributed by atoms with van der Waals surface area (Å²) in [5.74, 6) is 1.02.